The predicted molar refractivity (Wildman–Crippen MR) is 82.2 cm³/mol. The standard InChI is InChI=1S/C13H20BrN3OS/c1-9(15)13(12-7-11(14)8-19-12)17-5-3-16(4-6-17)10(2)18/h7-9,13H,3-6,15H2,1-2H3. The first kappa shape index (κ1) is 15.0. The Bertz CT molecular complexity index is 441. The maximum Gasteiger partial charge on any atom is 0.219 e. The second-order valence-corrected chi connectivity index (χ2v) is 6.87. The summed E-state index contributed by atoms with van der Waals surface area (Å²) < 4.78 is 1.11. The smallest absolute Gasteiger partial charge is 0.219 e. The summed E-state index contributed by atoms with van der Waals surface area (Å²) in [6.45, 7) is 7.06. The summed E-state index contributed by atoms with van der Waals surface area (Å²) >= 11 is 5.24. The first-order valence-electron chi connectivity index (χ1n) is 6.48. The summed E-state index contributed by atoms with van der Waals surface area (Å²) in [5.74, 6) is 0.163. The molecule has 2 N–H and O–H groups in total. The Kier molecular flexibility index (Phi) is 5.00. The van der Waals surface area contributed by atoms with Crippen LogP contribution >= 0.6 is 27.3 Å². The summed E-state index contributed by atoms with van der Waals surface area (Å²) in [6.07, 6.45) is 0. The van der Waals surface area contributed by atoms with Gasteiger partial charge in [-0.2, -0.15) is 0 Å². The van der Waals surface area contributed by atoms with Gasteiger partial charge in [-0.15, -0.1) is 11.3 Å². The van der Waals surface area contributed by atoms with Crippen LogP contribution in [0.4, 0.5) is 0 Å². The lowest BCUT2D eigenvalue weighted by Crippen LogP contribution is -2.51. The zero-order valence-electron chi connectivity index (χ0n) is 11.3. The molecule has 1 aromatic rings. The van der Waals surface area contributed by atoms with Gasteiger partial charge in [0.1, 0.15) is 0 Å². The van der Waals surface area contributed by atoms with Crippen molar-refractivity contribution in [3.05, 3.63) is 20.8 Å². The number of hydrogen-bond donors (Lipinski definition) is 1. The molecular formula is C13H20BrN3OS. The molecule has 106 valence electrons. The minimum atomic E-state index is 0.0782. The molecule has 1 aliphatic rings. The van der Waals surface area contributed by atoms with Crippen molar-refractivity contribution in [2.24, 2.45) is 5.73 Å². The highest BCUT2D eigenvalue weighted by molar-refractivity contribution is 9.10. The molecule has 2 heterocycles. The lowest BCUT2D eigenvalue weighted by atomic mass is 10.1. The summed E-state index contributed by atoms with van der Waals surface area (Å²) in [5, 5.41) is 2.09. The van der Waals surface area contributed by atoms with Crippen LogP contribution < -0.4 is 5.73 Å². The minimum absolute atomic E-state index is 0.0782. The SMILES string of the molecule is CC(=O)N1CCN(C(c2cc(Br)cs2)C(C)N)CC1. The fourth-order valence-corrected chi connectivity index (χ4v) is 4.26. The van der Waals surface area contributed by atoms with Crippen molar-refractivity contribution >= 4 is 33.2 Å². The number of piperazine rings is 1. The lowest BCUT2D eigenvalue weighted by Gasteiger charge is -2.40. The number of thiophene rings is 1. The van der Waals surface area contributed by atoms with Crippen LogP contribution in [-0.4, -0.2) is 47.9 Å². The molecule has 0 aromatic carbocycles. The monoisotopic (exact) mass is 345 g/mol. The second kappa shape index (κ2) is 6.35. The number of halogens is 1. The summed E-state index contributed by atoms with van der Waals surface area (Å²) in [6, 6.07) is 2.47. The third kappa shape index (κ3) is 3.56. The largest absolute Gasteiger partial charge is 0.340 e. The van der Waals surface area contributed by atoms with Crippen molar-refractivity contribution in [1.29, 1.82) is 0 Å². The molecule has 1 aromatic heterocycles. The van der Waals surface area contributed by atoms with E-state index in [1.807, 2.05) is 4.90 Å². The molecule has 2 atom stereocenters. The van der Waals surface area contributed by atoms with Crippen LogP contribution in [0.25, 0.3) is 0 Å². The minimum Gasteiger partial charge on any atom is -0.340 e. The van der Waals surface area contributed by atoms with E-state index >= 15 is 0 Å². The Labute approximate surface area is 126 Å². The normalized spacial score (nSPS) is 20.3. The highest BCUT2D eigenvalue weighted by atomic mass is 79.9. The van der Waals surface area contributed by atoms with E-state index in [0.717, 1.165) is 30.7 Å². The fraction of sp³-hybridized carbons (Fsp3) is 0.615. The second-order valence-electron chi connectivity index (χ2n) is 5.01. The van der Waals surface area contributed by atoms with Gasteiger partial charge in [0, 0.05) is 53.9 Å². The van der Waals surface area contributed by atoms with Gasteiger partial charge in [0.15, 0.2) is 0 Å². The third-order valence-corrected chi connectivity index (χ3v) is 5.29. The van der Waals surface area contributed by atoms with Gasteiger partial charge in [0.2, 0.25) is 5.91 Å². The Hall–Kier alpha value is -0.430. The van der Waals surface area contributed by atoms with Crippen molar-refractivity contribution in [3.8, 4) is 0 Å². The predicted octanol–water partition coefficient (Wildman–Crippen LogP) is 2.06. The molecule has 19 heavy (non-hydrogen) atoms. The van der Waals surface area contributed by atoms with Gasteiger partial charge < -0.3 is 10.6 Å². The Morgan fingerprint density at radius 2 is 2.05 bits per heavy atom. The van der Waals surface area contributed by atoms with E-state index in [9.17, 15) is 4.79 Å². The number of hydrogen-bond acceptors (Lipinski definition) is 4. The first-order valence-corrected chi connectivity index (χ1v) is 8.15. The molecule has 2 unspecified atom stereocenters. The maximum atomic E-state index is 11.4. The molecule has 0 saturated carbocycles. The molecule has 0 bridgehead atoms. The summed E-state index contributed by atoms with van der Waals surface area (Å²) in [4.78, 5) is 16.9. The molecule has 6 heteroatoms. The molecule has 0 spiro atoms. The van der Waals surface area contributed by atoms with Crippen LogP contribution in [-0.2, 0) is 4.79 Å². The van der Waals surface area contributed by atoms with Gasteiger partial charge in [0.25, 0.3) is 0 Å². The van der Waals surface area contributed by atoms with Gasteiger partial charge >= 0.3 is 0 Å². The van der Waals surface area contributed by atoms with E-state index in [-0.39, 0.29) is 18.0 Å². The zero-order valence-corrected chi connectivity index (χ0v) is 13.7. The van der Waals surface area contributed by atoms with Crippen LogP contribution in [0.5, 0.6) is 0 Å². The first-order chi connectivity index (χ1) is 8.99. The van der Waals surface area contributed by atoms with E-state index in [1.165, 1.54) is 4.88 Å². The van der Waals surface area contributed by atoms with Crippen LogP contribution in [0.1, 0.15) is 24.8 Å². The van der Waals surface area contributed by atoms with Crippen molar-refractivity contribution in [3.63, 3.8) is 0 Å². The number of rotatable bonds is 3. The molecule has 1 amide bonds. The van der Waals surface area contributed by atoms with Gasteiger partial charge in [-0.1, -0.05) is 0 Å². The van der Waals surface area contributed by atoms with Gasteiger partial charge in [-0.05, 0) is 28.9 Å². The molecular weight excluding hydrogens is 326 g/mol. The fourth-order valence-electron chi connectivity index (χ4n) is 2.57. The summed E-state index contributed by atoms with van der Waals surface area (Å²) in [7, 11) is 0. The Morgan fingerprint density at radius 3 is 2.47 bits per heavy atom. The number of nitrogens with two attached hydrogens (primary N) is 1. The molecule has 1 saturated heterocycles. The van der Waals surface area contributed by atoms with Crippen LogP contribution in [0.3, 0.4) is 0 Å². The van der Waals surface area contributed by atoms with Gasteiger partial charge in [-0.25, -0.2) is 0 Å². The molecule has 4 nitrogen and oxygen atoms in total. The van der Waals surface area contributed by atoms with Crippen molar-refractivity contribution < 1.29 is 4.79 Å². The highest BCUT2D eigenvalue weighted by Gasteiger charge is 2.29. The van der Waals surface area contributed by atoms with Crippen molar-refractivity contribution in [2.45, 2.75) is 25.9 Å². The highest BCUT2D eigenvalue weighted by Crippen LogP contribution is 2.31. The van der Waals surface area contributed by atoms with Gasteiger partial charge in [0.05, 0.1) is 6.04 Å². The third-order valence-electron chi connectivity index (χ3n) is 3.53. The average molecular weight is 346 g/mol. The Morgan fingerprint density at radius 1 is 1.42 bits per heavy atom. The number of carbonyl (C=O) groups is 1. The topological polar surface area (TPSA) is 49.6 Å². The van der Waals surface area contributed by atoms with Gasteiger partial charge in [-0.3, -0.25) is 9.69 Å². The quantitative estimate of drug-likeness (QED) is 0.912. The number of amides is 1. The molecule has 1 aliphatic heterocycles. The lowest BCUT2D eigenvalue weighted by molar-refractivity contribution is -0.130. The van der Waals surface area contributed by atoms with Crippen LogP contribution in [0, 0.1) is 0 Å². The van der Waals surface area contributed by atoms with Crippen molar-refractivity contribution in [1.82, 2.24) is 9.80 Å². The van der Waals surface area contributed by atoms with Crippen LogP contribution in [0.2, 0.25) is 0 Å². The van der Waals surface area contributed by atoms with E-state index < -0.39 is 0 Å². The molecule has 1 fully saturated rings. The van der Waals surface area contributed by atoms with E-state index in [4.69, 9.17) is 5.73 Å². The summed E-state index contributed by atoms with van der Waals surface area (Å²) in [5.41, 5.74) is 6.17. The number of carbonyl (C=O) groups excluding carboxylic acids is 1. The molecule has 2 rings (SSSR count). The zero-order chi connectivity index (χ0) is 14.0. The Balaban J connectivity index is 2.07. The van der Waals surface area contributed by atoms with E-state index in [1.54, 1.807) is 18.3 Å². The molecule has 0 radical (unpaired) electrons. The molecule has 0 aliphatic carbocycles. The van der Waals surface area contributed by atoms with Crippen LogP contribution in [0.15, 0.2) is 15.9 Å². The average Bonchev–Trinajstić information content (AvgIpc) is 2.76. The van der Waals surface area contributed by atoms with E-state index in [2.05, 4.69) is 39.2 Å². The van der Waals surface area contributed by atoms with E-state index in [0.29, 0.717) is 0 Å². The maximum absolute atomic E-state index is 11.4. The van der Waals surface area contributed by atoms with Crippen molar-refractivity contribution in [2.75, 3.05) is 26.2 Å². The number of nitrogens with zero attached hydrogens (tertiary/aromatic N) is 2.